The number of benzene rings is 1. The lowest BCUT2D eigenvalue weighted by atomic mass is 9.82. The molecule has 2 atom stereocenters. The molecule has 4 rings (SSSR count). The van der Waals surface area contributed by atoms with Crippen LogP contribution in [0.4, 0.5) is 0 Å². The van der Waals surface area contributed by atoms with E-state index in [1.54, 1.807) is 17.9 Å². The Bertz CT molecular complexity index is 1090. The third-order valence-corrected chi connectivity index (χ3v) is 6.36. The summed E-state index contributed by atoms with van der Waals surface area (Å²) in [5, 5.41) is 21.3. The Morgan fingerprint density at radius 3 is 2.59 bits per heavy atom. The largest absolute Gasteiger partial charge is 0.483 e. The van der Waals surface area contributed by atoms with Gasteiger partial charge in [-0.25, -0.2) is 4.79 Å². The van der Waals surface area contributed by atoms with Gasteiger partial charge in [0.05, 0.1) is 12.0 Å². The van der Waals surface area contributed by atoms with Gasteiger partial charge >= 0.3 is 5.63 Å². The fraction of sp³-hybridized carbons (Fsp3) is 0.522. The molecule has 0 radical (unpaired) electrons. The van der Waals surface area contributed by atoms with Crippen LogP contribution in [-0.2, 0) is 9.59 Å². The van der Waals surface area contributed by atoms with Gasteiger partial charge in [0.25, 0.3) is 11.9 Å². The van der Waals surface area contributed by atoms with Gasteiger partial charge in [-0.3, -0.25) is 9.59 Å². The number of carboxylic acid groups (broad SMARTS) is 1. The zero-order valence-corrected chi connectivity index (χ0v) is 18.9. The van der Waals surface area contributed by atoms with Gasteiger partial charge in [-0.05, 0) is 49.9 Å². The van der Waals surface area contributed by atoms with Crippen LogP contribution in [0.15, 0.2) is 21.3 Å². The Kier molecular flexibility index (Phi) is 6.90. The van der Waals surface area contributed by atoms with Crippen LogP contribution < -0.4 is 15.7 Å². The first kappa shape index (κ1) is 23.7. The summed E-state index contributed by atoms with van der Waals surface area (Å²) in [5.74, 6) is -0.102. The highest BCUT2D eigenvalue weighted by molar-refractivity contribution is 5.88. The monoisotopic (exact) mass is 446 g/mol. The highest BCUT2D eigenvalue weighted by Gasteiger charge is 2.50. The van der Waals surface area contributed by atoms with Crippen LogP contribution in [-0.4, -0.2) is 66.4 Å². The van der Waals surface area contributed by atoms with Crippen molar-refractivity contribution in [2.24, 2.45) is 11.3 Å². The maximum atomic E-state index is 12.8. The van der Waals surface area contributed by atoms with Crippen LogP contribution in [0.5, 0.6) is 5.75 Å². The molecule has 1 amide bonds. The number of nitrogens with one attached hydrogen (secondary N) is 1. The van der Waals surface area contributed by atoms with E-state index in [4.69, 9.17) is 19.1 Å². The second kappa shape index (κ2) is 9.30. The summed E-state index contributed by atoms with van der Waals surface area (Å²) in [6.45, 7) is 9.29. The molecule has 2 aliphatic rings. The van der Waals surface area contributed by atoms with E-state index >= 15 is 0 Å². The lowest BCUT2D eigenvalue weighted by Crippen LogP contribution is -2.39. The van der Waals surface area contributed by atoms with Crippen LogP contribution in [0.1, 0.15) is 23.6 Å². The maximum Gasteiger partial charge on any atom is 0.339 e. The summed E-state index contributed by atoms with van der Waals surface area (Å²) in [6.07, 6.45) is 0. The van der Waals surface area contributed by atoms with Crippen molar-refractivity contribution in [3.05, 3.63) is 39.2 Å². The smallest absolute Gasteiger partial charge is 0.339 e. The standard InChI is InChI=1S/C21H26N2O5.C2H4O2/c1-12-4-16(19-13(2)14(3)20(26)28-17(19)5-12)27-8-18(25)23-7-15-6-22-9-21(15,10-23)11-24;1-2(3)4/h4-5,15,22,24H,6-11H2,1-3H3;1H3,(H,3,4)/t15-,21+;/m0./s1. The van der Waals surface area contributed by atoms with E-state index < -0.39 is 5.97 Å². The van der Waals surface area contributed by atoms with Crippen molar-refractivity contribution in [2.75, 3.05) is 39.4 Å². The van der Waals surface area contributed by atoms with Gasteiger partial charge in [0.1, 0.15) is 11.3 Å². The van der Waals surface area contributed by atoms with Crippen LogP contribution in [0.2, 0.25) is 0 Å². The molecule has 9 heteroatoms. The van der Waals surface area contributed by atoms with Gasteiger partial charge in [-0.15, -0.1) is 0 Å². The van der Waals surface area contributed by atoms with Crippen molar-refractivity contribution in [2.45, 2.75) is 27.7 Å². The third kappa shape index (κ3) is 4.63. The number of carboxylic acids is 1. The average molecular weight is 447 g/mol. The van der Waals surface area contributed by atoms with Gasteiger partial charge in [0.15, 0.2) is 6.61 Å². The lowest BCUT2D eigenvalue weighted by Gasteiger charge is -2.25. The molecule has 2 fully saturated rings. The van der Waals surface area contributed by atoms with Crippen molar-refractivity contribution in [1.82, 2.24) is 10.2 Å². The normalized spacial score (nSPS) is 21.8. The van der Waals surface area contributed by atoms with E-state index in [9.17, 15) is 14.7 Å². The second-order valence-electron chi connectivity index (χ2n) is 8.71. The summed E-state index contributed by atoms with van der Waals surface area (Å²) in [5.41, 5.74) is 2.11. The Hall–Kier alpha value is -2.91. The van der Waals surface area contributed by atoms with E-state index in [1.807, 2.05) is 19.9 Å². The molecule has 1 aromatic carbocycles. The van der Waals surface area contributed by atoms with Crippen LogP contribution in [0.3, 0.4) is 0 Å². The average Bonchev–Trinajstić information content (AvgIpc) is 3.27. The fourth-order valence-corrected chi connectivity index (χ4v) is 4.47. The van der Waals surface area contributed by atoms with E-state index in [-0.39, 0.29) is 36.1 Å². The van der Waals surface area contributed by atoms with E-state index in [0.29, 0.717) is 30.0 Å². The topological polar surface area (TPSA) is 129 Å². The molecule has 174 valence electrons. The first-order chi connectivity index (χ1) is 15.1. The second-order valence-corrected chi connectivity index (χ2v) is 8.71. The molecule has 0 bridgehead atoms. The predicted molar refractivity (Wildman–Crippen MR) is 118 cm³/mol. The van der Waals surface area contributed by atoms with Crippen LogP contribution in [0.25, 0.3) is 11.0 Å². The van der Waals surface area contributed by atoms with Gasteiger partial charge in [-0.1, -0.05) is 0 Å². The summed E-state index contributed by atoms with van der Waals surface area (Å²) in [4.78, 5) is 35.5. The molecule has 0 saturated carbocycles. The highest BCUT2D eigenvalue weighted by atomic mass is 16.5. The molecule has 2 saturated heterocycles. The fourth-order valence-electron chi connectivity index (χ4n) is 4.47. The van der Waals surface area contributed by atoms with Crippen molar-refractivity contribution >= 4 is 22.8 Å². The molecule has 1 aromatic heterocycles. The number of aryl methyl sites for hydroxylation is 2. The Morgan fingerprint density at radius 1 is 1.28 bits per heavy atom. The molecule has 2 aliphatic heterocycles. The minimum absolute atomic E-state index is 0.0787. The molecule has 3 N–H and O–H groups in total. The molecular weight excluding hydrogens is 416 g/mol. The quantitative estimate of drug-likeness (QED) is 0.598. The maximum absolute atomic E-state index is 12.8. The number of hydrogen-bond donors (Lipinski definition) is 3. The predicted octanol–water partition coefficient (Wildman–Crippen LogP) is 1.23. The van der Waals surface area contributed by atoms with E-state index in [2.05, 4.69) is 5.32 Å². The van der Waals surface area contributed by atoms with Crippen molar-refractivity contribution in [3.8, 4) is 5.75 Å². The summed E-state index contributed by atoms with van der Waals surface area (Å²) in [7, 11) is 0. The lowest BCUT2D eigenvalue weighted by molar-refractivity contribution is -0.134. The number of aliphatic carboxylic acids is 1. The van der Waals surface area contributed by atoms with Gasteiger partial charge in [0, 0.05) is 44.1 Å². The summed E-state index contributed by atoms with van der Waals surface area (Å²) >= 11 is 0. The first-order valence-electron chi connectivity index (χ1n) is 10.5. The number of ether oxygens (including phenoxy) is 1. The zero-order valence-electron chi connectivity index (χ0n) is 18.9. The summed E-state index contributed by atoms with van der Waals surface area (Å²) in [6, 6.07) is 3.66. The first-order valence-corrected chi connectivity index (χ1v) is 10.5. The van der Waals surface area contributed by atoms with Crippen LogP contribution >= 0.6 is 0 Å². The van der Waals surface area contributed by atoms with Gasteiger partial charge < -0.3 is 29.6 Å². The number of aliphatic hydroxyl groups excluding tert-OH is 1. The number of nitrogens with zero attached hydrogens (tertiary/aromatic N) is 1. The van der Waals surface area contributed by atoms with Crippen LogP contribution in [0, 0.1) is 32.1 Å². The number of hydrogen-bond acceptors (Lipinski definition) is 7. The minimum Gasteiger partial charge on any atom is -0.483 e. The van der Waals surface area contributed by atoms with E-state index in [1.165, 1.54) is 0 Å². The van der Waals surface area contributed by atoms with Gasteiger partial charge in [0.2, 0.25) is 0 Å². The summed E-state index contributed by atoms with van der Waals surface area (Å²) < 4.78 is 11.3. The van der Waals surface area contributed by atoms with Crippen molar-refractivity contribution < 1.29 is 29.0 Å². The number of likely N-dealkylation sites (tertiary alicyclic amines) is 1. The van der Waals surface area contributed by atoms with Crippen molar-refractivity contribution in [1.29, 1.82) is 0 Å². The molecule has 2 aromatic rings. The number of amides is 1. The molecule has 3 heterocycles. The molecule has 32 heavy (non-hydrogen) atoms. The third-order valence-electron chi connectivity index (χ3n) is 6.36. The minimum atomic E-state index is -0.833. The molecule has 9 nitrogen and oxygen atoms in total. The number of carbonyl (C=O) groups is 2. The number of fused-ring (bicyclic) bond motifs is 2. The number of carbonyl (C=O) groups excluding carboxylic acids is 1. The zero-order chi connectivity index (χ0) is 23.6. The highest BCUT2D eigenvalue weighted by Crippen LogP contribution is 2.38. The number of aliphatic hydroxyl groups is 1. The molecule has 0 spiro atoms. The van der Waals surface area contributed by atoms with E-state index in [0.717, 1.165) is 36.5 Å². The SMILES string of the molecule is CC(=O)O.Cc1cc(OCC(=O)N2C[C@@H]3CNC[C@]3(CO)C2)c2c(C)c(C)c(=O)oc2c1. The Labute approximate surface area is 186 Å². The number of rotatable bonds is 4. The molecule has 0 unspecified atom stereocenters. The van der Waals surface area contributed by atoms with Crippen molar-refractivity contribution in [3.63, 3.8) is 0 Å². The molecule has 0 aliphatic carbocycles. The Balaban J connectivity index is 0.000000668. The van der Waals surface area contributed by atoms with Gasteiger partial charge in [-0.2, -0.15) is 0 Å². The molecular formula is C23H30N2O7. The Morgan fingerprint density at radius 2 is 1.97 bits per heavy atom.